The van der Waals surface area contributed by atoms with E-state index in [4.69, 9.17) is 4.42 Å². The number of nitrogens with zero attached hydrogens (tertiary/aromatic N) is 1. The number of amides is 2. The van der Waals surface area contributed by atoms with Crippen LogP contribution in [0.4, 0.5) is 5.95 Å². The summed E-state index contributed by atoms with van der Waals surface area (Å²) in [6.07, 6.45) is 1.92. The van der Waals surface area contributed by atoms with Gasteiger partial charge < -0.3 is 14.7 Å². The number of H-pyrrole nitrogens is 1. The Bertz CT molecular complexity index is 834. The van der Waals surface area contributed by atoms with Gasteiger partial charge in [0.05, 0.1) is 17.3 Å². The molecule has 3 aromatic rings. The molecule has 0 aliphatic heterocycles. The highest BCUT2D eigenvalue weighted by Crippen LogP contribution is 2.14. The Labute approximate surface area is 144 Å². The highest BCUT2D eigenvalue weighted by atomic mass is 16.3. The molecule has 2 heterocycles. The van der Waals surface area contributed by atoms with Crippen LogP contribution in [0.3, 0.4) is 0 Å². The summed E-state index contributed by atoms with van der Waals surface area (Å²) in [7, 11) is 0. The number of carbonyl (C=O) groups is 2. The fourth-order valence-electron chi connectivity index (χ4n) is 2.56. The number of rotatable bonds is 6. The van der Waals surface area contributed by atoms with Crippen molar-refractivity contribution in [1.29, 1.82) is 0 Å². The Kier molecular flexibility index (Phi) is 4.83. The van der Waals surface area contributed by atoms with Crippen LogP contribution in [-0.4, -0.2) is 27.8 Å². The Morgan fingerprint density at radius 3 is 2.68 bits per heavy atom. The van der Waals surface area contributed by atoms with Crippen molar-refractivity contribution in [2.45, 2.75) is 26.3 Å². The predicted molar refractivity (Wildman–Crippen MR) is 94.1 cm³/mol. The summed E-state index contributed by atoms with van der Waals surface area (Å²) in [4.78, 5) is 32.2. The van der Waals surface area contributed by atoms with Gasteiger partial charge >= 0.3 is 0 Å². The second-order valence-corrected chi connectivity index (χ2v) is 6.22. The van der Waals surface area contributed by atoms with Gasteiger partial charge in [-0.2, -0.15) is 0 Å². The molecule has 0 spiro atoms. The average molecular weight is 340 g/mol. The highest BCUT2D eigenvalue weighted by molar-refractivity contribution is 6.00. The van der Waals surface area contributed by atoms with E-state index in [1.807, 2.05) is 38.1 Å². The number of hydrogen-bond acceptors (Lipinski definition) is 4. The molecule has 3 N–H and O–H groups in total. The van der Waals surface area contributed by atoms with E-state index in [1.165, 1.54) is 6.26 Å². The molecule has 3 rings (SSSR count). The zero-order chi connectivity index (χ0) is 17.8. The van der Waals surface area contributed by atoms with E-state index in [9.17, 15) is 9.59 Å². The maximum absolute atomic E-state index is 12.6. The van der Waals surface area contributed by atoms with Gasteiger partial charge in [-0.3, -0.25) is 14.9 Å². The average Bonchev–Trinajstić information content (AvgIpc) is 3.22. The van der Waals surface area contributed by atoms with Crippen LogP contribution in [0.1, 0.15) is 30.8 Å². The molecule has 7 nitrogen and oxygen atoms in total. The number of carbonyl (C=O) groups excluding carboxylic acids is 2. The number of benzene rings is 1. The largest absolute Gasteiger partial charge is 0.459 e. The number of aromatic nitrogens is 2. The Hall–Kier alpha value is -3.09. The van der Waals surface area contributed by atoms with E-state index in [1.54, 1.807) is 12.1 Å². The van der Waals surface area contributed by atoms with Crippen molar-refractivity contribution in [3.63, 3.8) is 0 Å². The molecule has 0 aliphatic rings. The maximum Gasteiger partial charge on any atom is 0.287 e. The van der Waals surface area contributed by atoms with E-state index >= 15 is 0 Å². The van der Waals surface area contributed by atoms with Crippen LogP contribution in [0, 0.1) is 5.92 Å². The number of imidazole rings is 1. The molecule has 1 atom stereocenters. The summed E-state index contributed by atoms with van der Waals surface area (Å²) in [6, 6.07) is 9.98. The van der Waals surface area contributed by atoms with Crippen molar-refractivity contribution < 1.29 is 14.0 Å². The minimum atomic E-state index is -0.689. The van der Waals surface area contributed by atoms with Crippen molar-refractivity contribution in [2.75, 3.05) is 5.32 Å². The van der Waals surface area contributed by atoms with E-state index in [0.717, 1.165) is 11.0 Å². The normalized spacial score (nSPS) is 12.3. The van der Waals surface area contributed by atoms with Crippen LogP contribution in [0.2, 0.25) is 0 Å². The third kappa shape index (κ3) is 4.06. The molecule has 130 valence electrons. The zero-order valence-corrected chi connectivity index (χ0v) is 14.1. The van der Waals surface area contributed by atoms with E-state index in [0.29, 0.717) is 12.4 Å². The summed E-state index contributed by atoms with van der Waals surface area (Å²) in [5.41, 5.74) is 1.59. The molecule has 25 heavy (non-hydrogen) atoms. The van der Waals surface area contributed by atoms with Gasteiger partial charge in [0.2, 0.25) is 11.9 Å². The lowest BCUT2D eigenvalue weighted by molar-refractivity contribution is -0.118. The number of aromatic amines is 1. The maximum atomic E-state index is 12.6. The summed E-state index contributed by atoms with van der Waals surface area (Å²) in [6.45, 7) is 3.97. The summed E-state index contributed by atoms with van der Waals surface area (Å²) < 4.78 is 5.08. The van der Waals surface area contributed by atoms with Gasteiger partial charge in [-0.1, -0.05) is 26.0 Å². The lowest BCUT2D eigenvalue weighted by Crippen LogP contribution is -2.44. The van der Waals surface area contributed by atoms with Crippen molar-refractivity contribution >= 4 is 28.8 Å². The Morgan fingerprint density at radius 2 is 2.00 bits per heavy atom. The molecule has 0 fully saturated rings. The van der Waals surface area contributed by atoms with Gasteiger partial charge in [-0.25, -0.2) is 4.98 Å². The van der Waals surface area contributed by atoms with E-state index in [-0.39, 0.29) is 17.6 Å². The highest BCUT2D eigenvalue weighted by Gasteiger charge is 2.24. The number of para-hydroxylation sites is 2. The molecule has 2 amide bonds. The molecule has 0 saturated carbocycles. The Balaban J connectivity index is 1.73. The second-order valence-electron chi connectivity index (χ2n) is 6.22. The van der Waals surface area contributed by atoms with Crippen LogP contribution in [0.25, 0.3) is 11.0 Å². The molecule has 0 unspecified atom stereocenters. The van der Waals surface area contributed by atoms with Gasteiger partial charge in [-0.05, 0) is 36.6 Å². The molecular weight excluding hydrogens is 320 g/mol. The summed E-state index contributed by atoms with van der Waals surface area (Å²) in [5, 5.41) is 5.45. The zero-order valence-electron chi connectivity index (χ0n) is 14.1. The number of furan rings is 1. The van der Waals surface area contributed by atoms with E-state index < -0.39 is 11.9 Å². The smallest absolute Gasteiger partial charge is 0.287 e. The fourth-order valence-corrected chi connectivity index (χ4v) is 2.56. The SMILES string of the molecule is CC(C)C[C@H](NC(=O)c1ccco1)C(=O)Nc1nc2ccccc2[nH]1. The minimum absolute atomic E-state index is 0.172. The first-order valence-corrected chi connectivity index (χ1v) is 8.13. The van der Waals surface area contributed by atoms with Gasteiger partial charge in [0.1, 0.15) is 6.04 Å². The molecule has 0 aliphatic carbocycles. The number of anilines is 1. The van der Waals surface area contributed by atoms with Crippen molar-refractivity contribution in [3.8, 4) is 0 Å². The van der Waals surface area contributed by atoms with Gasteiger partial charge in [-0.15, -0.1) is 0 Å². The standard InChI is InChI=1S/C18H20N4O3/c1-11(2)10-14(19-17(24)15-8-5-9-25-15)16(23)22-18-20-12-6-3-4-7-13(12)21-18/h3-9,11,14H,10H2,1-2H3,(H,19,24)(H2,20,21,22,23)/t14-/m0/s1. The lowest BCUT2D eigenvalue weighted by atomic mass is 10.0. The summed E-state index contributed by atoms with van der Waals surface area (Å²) >= 11 is 0. The van der Waals surface area contributed by atoms with Crippen LogP contribution in [-0.2, 0) is 4.79 Å². The molecular formula is C18H20N4O3. The van der Waals surface area contributed by atoms with Crippen LogP contribution >= 0.6 is 0 Å². The molecule has 0 radical (unpaired) electrons. The summed E-state index contributed by atoms with van der Waals surface area (Å²) in [5.74, 6) is 0.00360. The monoisotopic (exact) mass is 340 g/mol. The third-order valence-electron chi connectivity index (χ3n) is 3.70. The van der Waals surface area contributed by atoms with E-state index in [2.05, 4.69) is 20.6 Å². The van der Waals surface area contributed by atoms with Gasteiger partial charge in [0, 0.05) is 0 Å². The van der Waals surface area contributed by atoms with Gasteiger partial charge in [0.25, 0.3) is 5.91 Å². The third-order valence-corrected chi connectivity index (χ3v) is 3.70. The first-order chi connectivity index (χ1) is 12.0. The van der Waals surface area contributed by atoms with Gasteiger partial charge in [0.15, 0.2) is 5.76 Å². The molecule has 1 aromatic carbocycles. The minimum Gasteiger partial charge on any atom is -0.459 e. The Morgan fingerprint density at radius 1 is 1.20 bits per heavy atom. The quantitative estimate of drug-likeness (QED) is 0.642. The predicted octanol–water partition coefficient (Wildman–Crippen LogP) is 2.94. The van der Waals surface area contributed by atoms with Crippen LogP contribution in [0.5, 0.6) is 0 Å². The van der Waals surface area contributed by atoms with Crippen LogP contribution < -0.4 is 10.6 Å². The number of fused-ring (bicyclic) bond motifs is 1. The fraction of sp³-hybridized carbons (Fsp3) is 0.278. The molecule has 7 heteroatoms. The second kappa shape index (κ2) is 7.21. The molecule has 2 aromatic heterocycles. The number of nitrogens with one attached hydrogen (secondary N) is 3. The van der Waals surface area contributed by atoms with Crippen LogP contribution in [0.15, 0.2) is 47.1 Å². The van der Waals surface area contributed by atoms with Crippen molar-refractivity contribution in [2.24, 2.45) is 5.92 Å². The lowest BCUT2D eigenvalue weighted by Gasteiger charge is -2.18. The molecule has 0 saturated heterocycles. The molecule has 0 bridgehead atoms. The first kappa shape index (κ1) is 16.8. The topological polar surface area (TPSA) is 100 Å². The number of hydrogen-bond donors (Lipinski definition) is 3. The van der Waals surface area contributed by atoms with Crippen molar-refractivity contribution in [1.82, 2.24) is 15.3 Å². The van der Waals surface area contributed by atoms with Crippen molar-refractivity contribution in [3.05, 3.63) is 48.4 Å². The first-order valence-electron chi connectivity index (χ1n) is 8.13.